The minimum absolute atomic E-state index is 0.0365. The molecule has 5 nitrogen and oxygen atoms in total. The fourth-order valence-corrected chi connectivity index (χ4v) is 1.58. The van der Waals surface area contributed by atoms with Crippen molar-refractivity contribution in [2.45, 2.75) is 39.3 Å². The van der Waals surface area contributed by atoms with Crippen LogP contribution in [0.5, 0.6) is 5.88 Å². The maximum absolute atomic E-state index is 11.8. The van der Waals surface area contributed by atoms with Gasteiger partial charge in [-0.1, -0.05) is 13.3 Å². The van der Waals surface area contributed by atoms with Crippen molar-refractivity contribution in [3.63, 3.8) is 0 Å². The van der Waals surface area contributed by atoms with Gasteiger partial charge >= 0.3 is 0 Å². The van der Waals surface area contributed by atoms with Crippen LogP contribution in [0.4, 0.5) is 0 Å². The summed E-state index contributed by atoms with van der Waals surface area (Å²) in [6.07, 6.45) is 3.79. The Kier molecular flexibility index (Phi) is 6.89. The van der Waals surface area contributed by atoms with E-state index in [1.807, 2.05) is 19.1 Å². The summed E-state index contributed by atoms with van der Waals surface area (Å²) in [5.41, 5.74) is 1.04. The summed E-state index contributed by atoms with van der Waals surface area (Å²) in [6.45, 7) is 5.32. The molecular formula is C14H23N3O2. The van der Waals surface area contributed by atoms with Crippen molar-refractivity contribution in [3.05, 3.63) is 23.9 Å². The molecular weight excluding hydrogens is 242 g/mol. The largest absolute Gasteiger partial charge is 0.481 e. The van der Waals surface area contributed by atoms with Gasteiger partial charge in [-0.15, -0.1) is 0 Å². The lowest BCUT2D eigenvalue weighted by molar-refractivity contribution is -0.122. The van der Waals surface area contributed by atoms with Gasteiger partial charge in [0.2, 0.25) is 11.8 Å². The molecule has 19 heavy (non-hydrogen) atoms. The van der Waals surface area contributed by atoms with E-state index in [2.05, 4.69) is 22.5 Å². The third kappa shape index (κ3) is 5.70. The number of pyridine rings is 1. The van der Waals surface area contributed by atoms with Crippen molar-refractivity contribution in [2.75, 3.05) is 13.7 Å². The quantitative estimate of drug-likeness (QED) is 0.699. The Morgan fingerprint density at radius 2 is 2.32 bits per heavy atom. The van der Waals surface area contributed by atoms with Gasteiger partial charge in [-0.2, -0.15) is 0 Å². The van der Waals surface area contributed by atoms with E-state index in [9.17, 15) is 4.79 Å². The van der Waals surface area contributed by atoms with Crippen molar-refractivity contribution >= 4 is 5.91 Å². The number of carbonyl (C=O) groups excluding carboxylic acids is 1. The minimum atomic E-state index is -0.212. The molecule has 0 bridgehead atoms. The molecule has 1 atom stereocenters. The Balaban J connectivity index is 2.36. The van der Waals surface area contributed by atoms with E-state index >= 15 is 0 Å². The molecule has 1 rings (SSSR count). The number of amides is 1. The highest BCUT2D eigenvalue weighted by Gasteiger charge is 2.11. The molecule has 0 fully saturated rings. The van der Waals surface area contributed by atoms with Crippen LogP contribution in [0.25, 0.3) is 0 Å². The van der Waals surface area contributed by atoms with Gasteiger partial charge in [0.25, 0.3) is 0 Å². The van der Waals surface area contributed by atoms with Gasteiger partial charge < -0.3 is 15.4 Å². The number of hydrogen-bond acceptors (Lipinski definition) is 4. The summed E-state index contributed by atoms with van der Waals surface area (Å²) < 4.78 is 5.06. The molecule has 0 aliphatic carbocycles. The van der Waals surface area contributed by atoms with Crippen LogP contribution in [-0.2, 0) is 11.3 Å². The Morgan fingerprint density at radius 3 is 3.00 bits per heavy atom. The number of aromatic nitrogens is 1. The van der Waals surface area contributed by atoms with Crippen molar-refractivity contribution in [1.82, 2.24) is 15.6 Å². The summed E-state index contributed by atoms with van der Waals surface area (Å²) in [5, 5.41) is 6.09. The summed E-state index contributed by atoms with van der Waals surface area (Å²) in [7, 11) is 1.59. The number of carbonyl (C=O) groups is 1. The maximum atomic E-state index is 11.8. The summed E-state index contributed by atoms with van der Waals surface area (Å²) >= 11 is 0. The molecule has 1 unspecified atom stereocenters. The van der Waals surface area contributed by atoms with Gasteiger partial charge in [0.15, 0.2) is 0 Å². The predicted molar refractivity (Wildman–Crippen MR) is 75.0 cm³/mol. The monoisotopic (exact) mass is 265 g/mol. The molecule has 0 saturated heterocycles. The molecule has 1 amide bonds. The molecule has 1 aromatic heterocycles. The Hall–Kier alpha value is -1.62. The lowest BCUT2D eigenvalue weighted by atomic mass is 10.2. The second kappa shape index (κ2) is 8.48. The van der Waals surface area contributed by atoms with E-state index in [4.69, 9.17) is 4.74 Å². The van der Waals surface area contributed by atoms with Crippen LogP contribution in [0.2, 0.25) is 0 Å². The summed E-state index contributed by atoms with van der Waals surface area (Å²) in [5.74, 6) is 0.619. The topological polar surface area (TPSA) is 63.2 Å². The van der Waals surface area contributed by atoms with Crippen molar-refractivity contribution in [1.29, 1.82) is 0 Å². The van der Waals surface area contributed by atoms with Gasteiger partial charge in [0.1, 0.15) is 0 Å². The van der Waals surface area contributed by atoms with E-state index in [1.54, 1.807) is 13.3 Å². The second-order valence-electron chi connectivity index (χ2n) is 4.45. The first-order valence-electron chi connectivity index (χ1n) is 6.67. The van der Waals surface area contributed by atoms with Gasteiger partial charge in [0, 0.05) is 25.4 Å². The van der Waals surface area contributed by atoms with Crippen molar-refractivity contribution in [2.24, 2.45) is 0 Å². The van der Waals surface area contributed by atoms with E-state index in [-0.39, 0.29) is 11.9 Å². The van der Waals surface area contributed by atoms with E-state index in [1.165, 1.54) is 0 Å². The van der Waals surface area contributed by atoms with Crippen LogP contribution in [0.1, 0.15) is 32.3 Å². The molecule has 0 spiro atoms. The zero-order valence-corrected chi connectivity index (χ0v) is 11.9. The normalized spacial score (nSPS) is 11.9. The number of unbranched alkanes of at least 4 members (excludes halogenated alkanes) is 1. The molecule has 106 valence electrons. The fraction of sp³-hybridized carbons (Fsp3) is 0.571. The van der Waals surface area contributed by atoms with Crippen LogP contribution in [0, 0.1) is 0 Å². The fourth-order valence-electron chi connectivity index (χ4n) is 1.58. The van der Waals surface area contributed by atoms with E-state index in [0.717, 1.165) is 24.9 Å². The maximum Gasteiger partial charge on any atom is 0.236 e. The predicted octanol–water partition coefficient (Wildman–Crippen LogP) is 1.48. The van der Waals surface area contributed by atoms with Gasteiger partial charge in [0.05, 0.1) is 13.2 Å². The average molecular weight is 265 g/mol. The van der Waals surface area contributed by atoms with Crippen molar-refractivity contribution in [3.8, 4) is 5.88 Å². The van der Waals surface area contributed by atoms with Crippen molar-refractivity contribution < 1.29 is 9.53 Å². The SMILES string of the molecule is CCCCNC(=O)C(C)NCc1ccnc(OC)c1. The first kappa shape index (κ1) is 15.4. The Morgan fingerprint density at radius 1 is 1.53 bits per heavy atom. The number of rotatable bonds is 8. The third-order valence-corrected chi connectivity index (χ3v) is 2.84. The number of nitrogens with zero attached hydrogens (tertiary/aromatic N) is 1. The first-order chi connectivity index (χ1) is 9.17. The van der Waals surface area contributed by atoms with E-state index < -0.39 is 0 Å². The second-order valence-corrected chi connectivity index (χ2v) is 4.45. The molecule has 2 N–H and O–H groups in total. The lowest BCUT2D eigenvalue weighted by Gasteiger charge is -2.14. The van der Waals surface area contributed by atoms with Gasteiger partial charge in [-0.05, 0) is 25.0 Å². The highest BCUT2D eigenvalue weighted by Crippen LogP contribution is 2.08. The highest BCUT2D eigenvalue weighted by molar-refractivity contribution is 5.81. The number of ether oxygens (including phenoxy) is 1. The summed E-state index contributed by atoms with van der Waals surface area (Å²) in [6, 6.07) is 3.54. The standard InChI is InChI=1S/C14H23N3O2/c1-4-5-7-16-14(18)11(2)17-10-12-6-8-15-13(9-12)19-3/h6,8-9,11,17H,4-5,7,10H2,1-3H3,(H,16,18). The van der Waals surface area contributed by atoms with Crippen LogP contribution < -0.4 is 15.4 Å². The Labute approximate surface area is 114 Å². The first-order valence-corrected chi connectivity index (χ1v) is 6.67. The van der Waals surface area contributed by atoms with Crippen LogP contribution in [-0.4, -0.2) is 30.6 Å². The minimum Gasteiger partial charge on any atom is -0.481 e. The number of hydrogen-bond donors (Lipinski definition) is 2. The molecule has 1 aromatic rings. The van der Waals surface area contributed by atoms with Crippen LogP contribution in [0.3, 0.4) is 0 Å². The zero-order chi connectivity index (χ0) is 14.1. The smallest absolute Gasteiger partial charge is 0.236 e. The van der Waals surface area contributed by atoms with Gasteiger partial charge in [-0.3, -0.25) is 4.79 Å². The lowest BCUT2D eigenvalue weighted by Crippen LogP contribution is -2.42. The zero-order valence-electron chi connectivity index (χ0n) is 11.9. The molecule has 0 aliphatic rings. The molecule has 0 saturated carbocycles. The molecule has 5 heteroatoms. The van der Waals surface area contributed by atoms with Crippen LogP contribution in [0.15, 0.2) is 18.3 Å². The Bertz CT molecular complexity index is 396. The average Bonchev–Trinajstić information content (AvgIpc) is 2.45. The molecule has 0 aliphatic heterocycles. The molecule has 0 radical (unpaired) electrons. The number of nitrogens with one attached hydrogen (secondary N) is 2. The summed E-state index contributed by atoms with van der Waals surface area (Å²) in [4.78, 5) is 15.8. The highest BCUT2D eigenvalue weighted by atomic mass is 16.5. The molecule has 0 aromatic carbocycles. The number of methoxy groups -OCH3 is 1. The van der Waals surface area contributed by atoms with Gasteiger partial charge in [-0.25, -0.2) is 4.98 Å². The van der Waals surface area contributed by atoms with E-state index in [0.29, 0.717) is 12.4 Å². The third-order valence-electron chi connectivity index (χ3n) is 2.84. The molecule has 1 heterocycles. The van der Waals surface area contributed by atoms with Crippen LogP contribution >= 0.6 is 0 Å².